The average Bonchev–Trinajstić information content (AvgIpc) is 3.34. The molecule has 1 aromatic heterocycles. The zero-order valence-electron chi connectivity index (χ0n) is 22.1. The summed E-state index contributed by atoms with van der Waals surface area (Å²) in [5.74, 6) is -2.30. The van der Waals surface area contributed by atoms with Gasteiger partial charge in [-0.05, 0) is 42.0 Å². The quantitative estimate of drug-likeness (QED) is 0.246. The summed E-state index contributed by atoms with van der Waals surface area (Å²) in [6.45, 7) is 11.5. The Bertz CT molecular complexity index is 1220. The molecule has 9 nitrogen and oxygen atoms in total. The molecule has 2 saturated heterocycles. The molecule has 1 amide bonds. The van der Waals surface area contributed by atoms with Crippen molar-refractivity contribution in [1.29, 1.82) is 0 Å². The monoisotopic (exact) mass is 509 g/mol. The summed E-state index contributed by atoms with van der Waals surface area (Å²) in [6, 6.07) is 6.94. The lowest BCUT2D eigenvalue weighted by Gasteiger charge is -2.30. The van der Waals surface area contributed by atoms with Crippen LogP contribution in [0.2, 0.25) is 0 Å². The number of aryl methyl sites for hydroxylation is 1. The maximum atomic E-state index is 13.9. The van der Waals surface area contributed by atoms with E-state index in [9.17, 15) is 19.5 Å². The van der Waals surface area contributed by atoms with Gasteiger partial charge in [0.05, 0.1) is 39.5 Å². The smallest absolute Gasteiger partial charge is 0.354 e. The van der Waals surface area contributed by atoms with Gasteiger partial charge in [0.25, 0.3) is 5.91 Å². The number of Topliss-reactive ketones (excluding diaryl/α,β-unsaturated/α-hetero) is 1. The van der Waals surface area contributed by atoms with E-state index in [0.29, 0.717) is 49.0 Å². The lowest BCUT2D eigenvalue weighted by Crippen LogP contribution is -3.14. The van der Waals surface area contributed by atoms with Gasteiger partial charge in [-0.1, -0.05) is 43.9 Å². The molecule has 0 aliphatic carbocycles. The van der Waals surface area contributed by atoms with E-state index < -0.39 is 29.5 Å². The molecule has 1 atom stereocenters. The third kappa shape index (κ3) is 5.06. The normalized spacial score (nSPS) is 20.2. The van der Waals surface area contributed by atoms with Gasteiger partial charge in [0.1, 0.15) is 18.8 Å². The van der Waals surface area contributed by atoms with E-state index in [1.54, 1.807) is 13.8 Å². The number of likely N-dealkylation sites (tertiary alicyclic amines) is 1. The second-order valence-corrected chi connectivity index (χ2v) is 10.0. The number of esters is 1. The fourth-order valence-electron chi connectivity index (χ4n) is 5.23. The SMILES string of the molecule is COC(=O)c1[nH]c(C)c(C([O-])=C2C(=O)C(=O)N(CC[NH+]3CCOCC3)C2c2ccc(C(C)C)cc2)c1C. The van der Waals surface area contributed by atoms with Crippen LogP contribution in [-0.2, 0) is 19.1 Å². The number of nitrogens with zero attached hydrogens (tertiary/aromatic N) is 1. The van der Waals surface area contributed by atoms with Crippen LogP contribution < -0.4 is 10.0 Å². The lowest BCUT2D eigenvalue weighted by molar-refractivity contribution is -0.907. The highest BCUT2D eigenvalue weighted by molar-refractivity contribution is 6.46. The molecule has 2 fully saturated rings. The first-order valence-corrected chi connectivity index (χ1v) is 12.7. The number of ketones is 1. The zero-order chi connectivity index (χ0) is 26.9. The first-order valence-electron chi connectivity index (χ1n) is 12.7. The fourth-order valence-corrected chi connectivity index (χ4v) is 5.23. The number of methoxy groups -OCH3 is 1. The van der Waals surface area contributed by atoms with Gasteiger partial charge >= 0.3 is 5.97 Å². The van der Waals surface area contributed by atoms with E-state index >= 15 is 0 Å². The number of morpholine rings is 1. The third-order valence-corrected chi connectivity index (χ3v) is 7.41. The van der Waals surface area contributed by atoms with Crippen molar-refractivity contribution in [3.05, 3.63) is 63.5 Å². The van der Waals surface area contributed by atoms with Crippen molar-refractivity contribution >= 4 is 23.4 Å². The summed E-state index contributed by atoms with van der Waals surface area (Å²) in [5, 5.41) is 13.9. The van der Waals surface area contributed by atoms with Crippen LogP contribution in [0.1, 0.15) is 64.2 Å². The van der Waals surface area contributed by atoms with Crippen molar-refractivity contribution in [3.63, 3.8) is 0 Å². The Labute approximate surface area is 217 Å². The van der Waals surface area contributed by atoms with E-state index in [1.807, 2.05) is 24.3 Å². The molecule has 2 aromatic rings. The molecule has 0 bridgehead atoms. The number of rotatable bonds is 7. The second-order valence-electron chi connectivity index (χ2n) is 10.0. The summed E-state index contributed by atoms with van der Waals surface area (Å²) in [6.07, 6.45) is 0. The summed E-state index contributed by atoms with van der Waals surface area (Å²) < 4.78 is 10.3. The van der Waals surface area contributed by atoms with Crippen molar-refractivity contribution in [1.82, 2.24) is 9.88 Å². The highest BCUT2D eigenvalue weighted by atomic mass is 16.5. The van der Waals surface area contributed by atoms with Crippen LogP contribution in [0.15, 0.2) is 29.8 Å². The van der Waals surface area contributed by atoms with Gasteiger partial charge in [-0.15, -0.1) is 0 Å². The van der Waals surface area contributed by atoms with Crippen molar-refractivity contribution in [2.75, 3.05) is 46.5 Å². The second kappa shape index (κ2) is 10.9. The number of hydrogen-bond acceptors (Lipinski definition) is 6. The van der Waals surface area contributed by atoms with Crippen LogP contribution in [0.5, 0.6) is 0 Å². The summed E-state index contributed by atoms with van der Waals surface area (Å²) >= 11 is 0. The Morgan fingerprint density at radius 3 is 2.43 bits per heavy atom. The maximum absolute atomic E-state index is 13.9. The average molecular weight is 510 g/mol. The molecule has 0 spiro atoms. The number of carbonyl (C=O) groups is 3. The first kappa shape index (κ1) is 26.6. The van der Waals surface area contributed by atoms with E-state index in [0.717, 1.165) is 18.7 Å². The molecule has 9 heteroatoms. The van der Waals surface area contributed by atoms with Gasteiger partial charge in [0.2, 0.25) is 5.78 Å². The summed E-state index contributed by atoms with van der Waals surface area (Å²) in [4.78, 5) is 44.6. The van der Waals surface area contributed by atoms with Crippen LogP contribution in [0, 0.1) is 13.8 Å². The lowest BCUT2D eigenvalue weighted by atomic mass is 9.92. The Kier molecular flexibility index (Phi) is 7.85. The van der Waals surface area contributed by atoms with Gasteiger partial charge in [0, 0.05) is 11.3 Å². The van der Waals surface area contributed by atoms with Gasteiger partial charge in [0.15, 0.2) is 0 Å². The van der Waals surface area contributed by atoms with Crippen LogP contribution in [-0.4, -0.2) is 74.0 Å². The Hall–Kier alpha value is -3.43. The van der Waals surface area contributed by atoms with Crippen molar-refractivity contribution in [3.8, 4) is 0 Å². The molecule has 3 heterocycles. The number of amides is 1. The number of benzene rings is 1. The molecular formula is C28H35N3O6. The molecule has 0 saturated carbocycles. The van der Waals surface area contributed by atoms with Crippen LogP contribution in [0.3, 0.4) is 0 Å². The molecule has 2 N–H and O–H groups in total. The number of ether oxygens (including phenoxy) is 2. The predicted octanol–water partition coefficient (Wildman–Crippen LogP) is 0.681. The van der Waals surface area contributed by atoms with Crippen LogP contribution >= 0.6 is 0 Å². The van der Waals surface area contributed by atoms with Gasteiger partial charge in [-0.25, -0.2) is 4.79 Å². The minimum atomic E-state index is -0.801. The Morgan fingerprint density at radius 1 is 1.19 bits per heavy atom. The molecular weight excluding hydrogens is 474 g/mol. The number of H-pyrrole nitrogens is 1. The standard InChI is InChI=1S/C28H35N3O6/c1-16(2)19-6-8-20(9-7-19)24-22(25(32)21-17(3)23(28(35)36-5)29-18(21)4)26(33)27(34)31(24)11-10-30-12-14-37-15-13-30/h6-9,16,24,29,32H,10-15H2,1-5H3. The van der Waals surface area contributed by atoms with E-state index in [1.165, 1.54) is 16.9 Å². The van der Waals surface area contributed by atoms with Crippen molar-refractivity contribution < 1.29 is 33.9 Å². The molecule has 198 valence electrons. The summed E-state index contributed by atoms with van der Waals surface area (Å²) in [5.41, 5.74) is 2.97. The Balaban J connectivity index is 1.80. The number of hydrogen-bond donors (Lipinski definition) is 2. The number of nitrogens with one attached hydrogen (secondary N) is 2. The number of aromatic amines is 1. The van der Waals surface area contributed by atoms with Crippen molar-refractivity contribution in [2.45, 2.75) is 39.7 Å². The Morgan fingerprint density at radius 2 is 1.84 bits per heavy atom. The third-order valence-electron chi connectivity index (χ3n) is 7.41. The molecule has 4 rings (SSSR count). The first-order chi connectivity index (χ1) is 17.6. The molecule has 37 heavy (non-hydrogen) atoms. The molecule has 2 aliphatic rings. The van der Waals surface area contributed by atoms with Crippen LogP contribution in [0.4, 0.5) is 0 Å². The fraction of sp³-hybridized carbons (Fsp3) is 0.464. The molecule has 1 aromatic carbocycles. The summed E-state index contributed by atoms with van der Waals surface area (Å²) in [7, 11) is 1.26. The highest BCUT2D eigenvalue weighted by Crippen LogP contribution is 2.40. The van der Waals surface area contributed by atoms with Gasteiger partial charge in [-0.3, -0.25) is 9.59 Å². The minimum Gasteiger partial charge on any atom is -0.872 e. The topological polar surface area (TPSA) is 116 Å². The van der Waals surface area contributed by atoms with Crippen LogP contribution in [0.25, 0.3) is 5.76 Å². The number of aromatic nitrogens is 1. The number of carbonyl (C=O) groups excluding carboxylic acids is 3. The zero-order valence-corrected chi connectivity index (χ0v) is 22.1. The molecule has 1 unspecified atom stereocenters. The van der Waals surface area contributed by atoms with E-state index in [-0.39, 0.29) is 16.8 Å². The number of quaternary nitrogens is 1. The largest absolute Gasteiger partial charge is 0.872 e. The van der Waals surface area contributed by atoms with E-state index in [4.69, 9.17) is 9.47 Å². The van der Waals surface area contributed by atoms with Gasteiger partial charge < -0.3 is 29.4 Å². The molecule has 0 radical (unpaired) electrons. The van der Waals surface area contributed by atoms with Crippen molar-refractivity contribution in [2.24, 2.45) is 0 Å². The van der Waals surface area contributed by atoms with E-state index in [2.05, 4.69) is 18.8 Å². The predicted molar refractivity (Wildman–Crippen MR) is 135 cm³/mol. The highest BCUT2D eigenvalue weighted by Gasteiger charge is 2.45. The molecule has 2 aliphatic heterocycles. The van der Waals surface area contributed by atoms with Gasteiger partial charge in [-0.2, -0.15) is 0 Å². The maximum Gasteiger partial charge on any atom is 0.354 e. The minimum absolute atomic E-state index is 0.0825.